The molecule has 0 aliphatic carbocycles. The van der Waals surface area contributed by atoms with Crippen LogP contribution >= 0.6 is 0 Å². The third kappa shape index (κ3) is 10.6. The number of nitrogens with two attached hydrogens (primary N) is 1. The van der Waals surface area contributed by atoms with E-state index >= 15 is 0 Å². The van der Waals surface area contributed by atoms with Crippen LogP contribution in [-0.2, 0) is 24.0 Å². The number of carbonyl (C=O) groups is 6. The monoisotopic (exact) mass is 510 g/mol. The Morgan fingerprint density at radius 2 is 1.69 bits per heavy atom. The number of nitrogens with zero attached hydrogens (tertiary/aromatic N) is 1. The van der Waals surface area contributed by atoms with E-state index in [1.165, 1.54) is 4.90 Å². The Bertz CT molecular complexity index is 802. The zero-order chi connectivity index (χ0) is 27.3. The first kappa shape index (κ1) is 30.9. The number of hydrogen-bond donors (Lipinski definition) is 5. The molecular weight excluding hydrogens is 468 g/mol. The zero-order valence-electron chi connectivity index (χ0n) is 21.9. The van der Waals surface area contributed by atoms with Gasteiger partial charge in [-0.3, -0.25) is 28.9 Å². The molecule has 0 saturated carbocycles. The van der Waals surface area contributed by atoms with Gasteiger partial charge in [0.15, 0.2) is 0 Å². The van der Waals surface area contributed by atoms with Crippen molar-refractivity contribution in [1.82, 2.24) is 26.2 Å². The Kier molecular flexibility index (Phi) is 13.5. The van der Waals surface area contributed by atoms with Gasteiger partial charge in [0, 0.05) is 38.4 Å². The summed E-state index contributed by atoms with van der Waals surface area (Å²) in [6.45, 7) is 8.13. The Balaban J connectivity index is 2.52. The lowest BCUT2D eigenvalue weighted by Crippen LogP contribution is -2.55. The maximum absolute atomic E-state index is 12.9. The molecule has 1 saturated heterocycles. The highest BCUT2D eigenvalue weighted by atomic mass is 16.2. The van der Waals surface area contributed by atoms with Gasteiger partial charge in [0.1, 0.15) is 12.1 Å². The number of unbranched alkanes of at least 4 members (excludes halogenated alkanes) is 2. The van der Waals surface area contributed by atoms with Crippen molar-refractivity contribution in [3.63, 3.8) is 0 Å². The number of rotatable bonds is 16. The van der Waals surface area contributed by atoms with E-state index in [4.69, 9.17) is 5.73 Å². The van der Waals surface area contributed by atoms with Crippen LogP contribution < -0.4 is 27.0 Å². The summed E-state index contributed by atoms with van der Waals surface area (Å²) in [7, 11) is 0. The Hall–Kier alpha value is -3.18. The number of imide groups is 1. The molecule has 1 aliphatic heterocycles. The zero-order valence-corrected chi connectivity index (χ0v) is 21.9. The van der Waals surface area contributed by atoms with Crippen LogP contribution in [0.15, 0.2) is 0 Å². The predicted molar refractivity (Wildman–Crippen MR) is 133 cm³/mol. The second-order valence-corrected chi connectivity index (χ2v) is 9.48. The lowest BCUT2D eigenvalue weighted by Gasteiger charge is -2.25. The average Bonchev–Trinajstić information content (AvgIpc) is 3.04. The largest absolute Gasteiger partial charge is 0.355 e. The summed E-state index contributed by atoms with van der Waals surface area (Å²) in [6, 6.07) is -2.30. The van der Waals surface area contributed by atoms with Crippen molar-refractivity contribution in [2.75, 3.05) is 19.6 Å². The molecule has 0 aromatic heterocycles. The van der Waals surface area contributed by atoms with E-state index in [1.54, 1.807) is 27.7 Å². The molecule has 0 radical (unpaired) electrons. The third-order valence-electron chi connectivity index (χ3n) is 5.97. The number of hydrogen-bond acceptors (Lipinski definition) is 6. The minimum absolute atomic E-state index is 0.140. The Morgan fingerprint density at radius 1 is 1.00 bits per heavy atom. The van der Waals surface area contributed by atoms with Crippen molar-refractivity contribution >= 4 is 35.6 Å². The first-order valence-electron chi connectivity index (χ1n) is 12.7. The van der Waals surface area contributed by atoms with Gasteiger partial charge in [-0.1, -0.05) is 27.2 Å². The molecule has 12 nitrogen and oxygen atoms in total. The maximum Gasteiger partial charge on any atom is 0.312 e. The first-order valence-corrected chi connectivity index (χ1v) is 12.7. The van der Waals surface area contributed by atoms with Crippen LogP contribution in [0.1, 0.15) is 72.6 Å². The van der Waals surface area contributed by atoms with Gasteiger partial charge in [-0.05, 0) is 38.5 Å². The van der Waals surface area contributed by atoms with Crippen molar-refractivity contribution in [2.24, 2.45) is 17.6 Å². The molecule has 6 N–H and O–H groups in total. The van der Waals surface area contributed by atoms with Gasteiger partial charge < -0.3 is 27.0 Å². The van der Waals surface area contributed by atoms with Gasteiger partial charge in [-0.15, -0.1) is 0 Å². The second kappa shape index (κ2) is 15.7. The topological polar surface area (TPSA) is 180 Å². The molecule has 0 aromatic carbocycles. The lowest BCUT2D eigenvalue weighted by molar-refractivity contribution is -0.139. The molecule has 12 heteroatoms. The summed E-state index contributed by atoms with van der Waals surface area (Å²) in [5, 5.41) is 10.6. The predicted octanol–water partition coefficient (Wildman–Crippen LogP) is 0.152. The second-order valence-electron chi connectivity index (χ2n) is 9.48. The number of amides is 7. The molecule has 0 aromatic rings. The van der Waals surface area contributed by atoms with Crippen molar-refractivity contribution in [1.29, 1.82) is 0 Å². The van der Waals surface area contributed by atoms with E-state index < -0.39 is 24.0 Å². The van der Waals surface area contributed by atoms with E-state index in [2.05, 4.69) is 21.3 Å². The molecule has 36 heavy (non-hydrogen) atoms. The number of likely N-dealkylation sites (tertiary alicyclic amines) is 1. The number of likely N-dealkylation sites (N-methyl/N-ethyl adjacent to an activating group) is 1. The van der Waals surface area contributed by atoms with E-state index in [9.17, 15) is 28.8 Å². The lowest BCUT2D eigenvalue weighted by atomic mass is 10.0. The summed E-state index contributed by atoms with van der Waals surface area (Å²) in [6.07, 6.45) is 3.01. The molecule has 1 rings (SSSR count). The van der Waals surface area contributed by atoms with Gasteiger partial charge >= 0.3 is 6.03 Å². The summed E-state index contributed by atoms with van der Waals surface area (Å²) < 4.78 is 0. The van der Waals surface area contributed by atoms with E-state index in [0.29, 0.717) is 38.8 Å². The van der Waals surface area contributed by atoms with Crippen molar-refractivity contribution in [2.45, 2.75) is 84.7 Å². The van der Waals surface area contributed by atoms with Crippen LogP contribution in [0.2, 0.25) is 0 Å². The molecule has 204 valence electrons. The van der Waals surface area contributed by atoms with Crippen LogP contribution in [0.4, 0.5) is 4.79 Å². The number of carbonyl (C=O) groups excluding carboxylic acids is 6. The van der Waals surface area contributed by atoms with Crippen molar-refractivity contribution in [3.05, 3.63) is 0 Å². The van der Waals surface area contributed by atoms with E-state index in [-0.39, 0.29) is 61.3 Å². The number of urea groups is 1. The molecule has 0 bridgehead atoms. The van der Waals surface area contributed by atoms with Gasteiger partial charge in [0.2, 0.25) is 29.5 Å². The highest BCUT2D eigenvalue weighted by Crippen LogP contribution is 2.19. The smallest absolute Gasteiger partial charge is 0.312 e. The van der Waals surface area contributed by atoms with Gasteiger partial charge in [0.05, 0.1) is 0 Å². The highest BCUT2D eigenvalue weighted by molar-refractivity contribution is 6.03. The van der Waals surface area contributed by atoms with Crippen LogP contribution in [0.3, 0.4) is 0 Å². The molecule has 1 heterocycles. The van der Waals surface area contributed by atoms with Crippen LogP contribution in [0.5, 0.6) is 0 Å². The minimum Gasteiger partial charge on any atom is -0.355 e. The molecule has 1 aliphatic rings. The van der Waals surface area contributed by atoms with Crippen LogP contribution in [0, 0.1) is 11.8 Å². The van der Waals surface area contributed by atoms with Crippen LogP contribution in [0.25, 0.3) is 0 Å². The van der Waals surface area contributed by atoms with Crippen molar-refractivity contribution < 1.29 is 28.8 Å². The van der Waals surface area contributed by atoms with Gasteiger partial charge in [0.25, 0.3) is 0 Å². The molecule has 0 spiro atoms. The van der Waals surface area contributed by atoms with E-state index in [0.717, 1.165) is 0 Å². The molecular formula is C24H42N6O6. The Labute approximate surface area is 212 Å². The standard InChI is InChI=1S/C24H42N6O6/c1-5-26-21(33)17(10-9-12-27-24(25)36)28-22(34)20(15(2)3)29-18(31)11-7-6-8-13-30-19(32)14-16(4)23(30)35/h15-17,20H,5-14H2,1-4H3,(H,26,33)(H,28,34)(H,29,31)(H3,25,27,36)/t16?,17-,20-/m0/s1. The first-order chi connectivity index (χ1) is 17.0. The van der Waals surface area contributed by atoms with E-state index in [1.807, 2.05) is 0 Å². The van der Waals surface area contributed by atoms with Crippen molar-refractivity contribution in [3.8, 4) is 0 Å². The summed E-state index contributed by atoms with van der Waals surface area (Å²) in [5.74, 6) is -1.85. The summed E-state index contributed by atoms with van der Waals surface area (Å²) >= 11 is 0. The summed E-state index contributed by atoms with van der Waals surface area (Å²) in [4.78, 5) is 73.7. The third-order valence-corrected chi connectivity index (χ3v) is 5.97. The normalized spacial score (nSPS) is 17.0. The highest BCUT2D eigenvalue weighted by Gasteiger charge is 2.34. The summed E-state index contributed by atoms with van der Waals surface area (Å²) in [5.41, 5.74) is 5.04. The fraction of sp³-hybridized carbons (Fsp3) is 0.750. The minimum atomic E-state index is -0.820. The fourth-order valence-corrected chi connectivity index (χ4v) is 3.94. The molecule has 3 atom stereocenters. The fourth-order valence-electron chi connectivity index (χ4n) is 3.94. The van der Waals surface area contributed by atoms with Gasteiger partial charge in [-0.25, -0.2) is 4.79 Å². The average molecular weight is 511 g/mol. The molecule has 7 amide bonds. The Morgan fingerprint density at radius 3 is 2.25 bits per heavy atom. The molecule has 1 fully saturated rings. The number of nitrogens with one attached hydrogen (secondary N) is 4. The van der Waals surface area contributed by atoms with Crippen LogP contribution in [-0.4, -0.2) is 72.2 Å². The number of primary amides is 1. The molecule has 1 unspecified atom stereocenters. The maximum atomic E-state index is 12.9. The van der Waals surface area contributed by atoms with Gasteiger partial charge in [-0.2, -0.15) is 0 Å². The quantitative estimate of drug-likeness (QED) is 0.146. The SMILES string of the molecule is CCNC(=O)[C@H](CCCNC(N)=O)NC(=O)[C@@H](NC(=O)CCCCCN1C(=O)CC(C)C1=O)C(C)C.